The lowest BCUT2D eigenvalue weighted by atomic mass is 10.1. The van der Waals surface area contributed by atoms with Crippen molar-refractivity contribution >= 4 is 52.7 Å². The fourth-order valence-corrected chi connectivity index (χ4v) is 5.37. The van der Waals surface area contributed by atoms with Crippen molar-refractivity contribution in [3.8, 4) is 5.75 Å². The molecule has 0 bridgehead atoms. The van der Waals surface area contributed by atoms with Crippen molar-refractivity contribution in [2.24, 2.45) is 0 Å². The third kappa shape index (κ3) is 9.19. The predicted octanol–water partition coefficient (Wildman–Crippen LogP) is 8.30. The first-order valence-electron chi connectivity index (χ1n) is 14.1. The van der Waals surface area contributed by atoms with Crippen LogP contribution in [0, 0.1) is 0 Å². The van der Waals surface area contributed by atoms with E-state index in [4.69, 9.17) is 16.3 Å². The Morgan fingerprint density at radius 1 is 0.756 bits per heavy atom. The molecule has 2 amide bonds. The maximum Gasteiger partial charge on any atom is 0.272 e. The summed E-state index contributed by atoms with van der Waals surface area (Å²) in [6.45, 7) is 0.433. The number of benzene rings is 5. The van der Waals surface area contributed by atoms with Gasteiger partial charge in [0.2, 0.25) is 0 Å². The van der Waals surface area contributed by atoms with E-state index < -0.39 is 11.8 Å². The highest BCUT2D eigenvalue weighted by atomic mass is 35.5. The molecule has 2 N–H and O–H groups in total. The first kappa shape index (κ1) is 31.3. The standard InChI is InChI=1S/C37H29ClN2O4S/c38-33-17-8-7-16-32(33)35(41)25-45-31-15-9-14-29(23-31)39-37(43)34(40-36(42)28-12-5-2-6-13-28)22-26-18-20-30(21-19-26)44-24-27-10-3-1-4-11-27/h1-23H,24-25H2,(H,39,43)(H,40,42)/b34-22-. The van der Waals surface area contributed by atoms with Gasteiger partial charge in [0.25, 0.3) is 11.8 Å². The molecule has 0 aliphatic rings. The summed E-state index contributed by atoms with van der Waals surface area (Å²) < 4.78 is 5.88. The second-order valence-corrected chi connectivity index (χ2v) is 11.4. The Morgan fingerprint density at radius 3 is 2.18 bits per heavy atom. The number of ether oxygens (including phenoxy) is 1. The molecule has 0 unspecified atom stereocenters. The number of carbonyl (C=O) groups excluding carboxylic acids is 3. The van der Waals surface area contributed by atoms with E-state index in [1.54, 1.807) is 72.8 Å². The Labute approximate surface area is 271 Å². The fourth-order valence-electron chi connectivity index (χ4n) is 4.29. The first-order chi connectivity index (χ1) is 21.9. The van der Waals surface area contributed by atoms with E-state index in [0.29, 0.717) is 39.8 Å². The summed E-state index contributed by atoms with van der Waals surface area (Å²) in [4.78, 5) is 40.0. The van der Waals surface area contributed by atoms with Crippen molar-refractivity contribution in [3.63, 3.8) is 0 Å². The summed E-state index contributed by atoms with van der Waals surface area (Å²) in [5, 5.41) is 6.04. The number of Topliss-reactive ketones (excluding diaryl/α,β-unsaturated/α-hetero) is 1. The molecule has 45 heavy (non-hydrogen) atoms. The monoisotopic (exact) mass is 632 g/mol. The highest BCUT2D eigenvalue weighted by Gasteiger charge is 2.16. The lowest BCUT2D eigenvalue weighted by Gasteiger charge is -2.12. The summed E-state index contributed by atoms with van der Waals surface area (Å²) in [5.41, 5.74) is 3.22. The van der Waals surface area contributed by atoms with E-state index in [0.717, 1.165) is 10.5 Å². The molecule has 0 heterocycles. The van der Waals surface area contributed by atoms with Crippen LogP contribution < -0.4 is 15.4 Å². The Balaban J connectivity index is 1.29. The van der Waals surface area contributed by atoms with Crippen molar-refractivity contribution in [2.45, 2.75) is 11.5 Å². The van der Waals surface area contributed by atoms with E-state index in [-0.39, 0.29) is 17.2 Å². The Morgan fingerprint density at radius 2 is 1.44 bits per heavy atom. The van der Waals surface area contributed by atoms with E-state index >= 15 is 0 Å². The highest BCUT2D eigenvalue weighted by molar-refractivity contribution is 8.00. The number of hydrogen-bond donors (Lipinski definition) is 2. The molecular weight excluding hydrogens is 604 g/mol. The van der Waals surface area contributed by atoms with Gasteiger partial charge in [0, 0.05) is 21.7 Å². The molecule has 5 rings (SSSR count). The molecule has 224 valence electrons. The van der Waals surface area contributed by atoms with E-state index in [1.807, 2.05) is 66.7 Å². The zero-order valence-electron chi connectivity index (χ0n) is 24.1. The van der Waals surface area contributed by atoms with Crippen molar-refractivity contribution in [1.29, 1.82) is 0 Å². The average Bonchev–Trinajstić information content (AvgIpc) is 3.08. The molecule has 0 saturated carbocycles. The minimum Gasteiger partial charge on any atom is -0.489 e. The van der Waals surface area contributed by atoms with E-state index in [2.05, 4.69) is 10.6 Å². The molecule has 0 fully saturated rings. The molecule has 0 saturated heterocycles. The number of carbonyl (C=O) groups is 3. The maximum atomic E-state index is 13.5. The number of rotatable bonds is 12. The van der Waals surface area contributed by atoms with E-state index in [1.165, 1.54) is 11.8 Å². The normalized spacial score (nSPS) is 11.0. The highest BCUT2D eigenvalue weighted by Crippen LogP contribution is 2.25. The predicted molar refractivity (Wildman–Crippen MR) is 181 cm³/mol. The molecule has 5 aromatic carbocycles. The average molecular weight is 633 g/mol. The van der Waals surface area contributed by atoms with Gasteiger partial charge in [-0.15, -0.1) is 11.8 Å². The largest absolute Gasteiger partial charge is 0.489 e. The van der Waals surface area contributed by atoms with E-state index in [9.17, 15) is 14.4 Å². The third-order valence-corrected chi connectivity index (χ3v) is 7.93. The quantitative estimate of drug-likeness (QED) is 0.0821. The summed E-state index contributed by atoms with van der Waals surface area (Å²) in [6.07, 6.45) is 1.61. The van der Waals surface area contributed by atoms with Crippen molar-refractivity contribution < 1.29 is 19.1 Å². The van der Waals surface area contributed by atoms with Gasteiger partial charge in [0.05, 0.1) is 10.8 Å². The lowest BCUT2D eigenvalue weighted by molar-refractivity contribution is -0.113. The number of halogens is 1. The number of hydrogen-bond acceptors (Lipinski definition) is 5. The number of thioether (sulfide) groups is 1. The van der Waals surface area contributed by atoms with Crippen LogP contribution in [0.25, 0.3) is 6.08 Å². The van der Waals surface area contributed by atoms with Gasteiger partial charge in [-0.05, 0) is 71.8 Å². The van der Waals surface area contributed by atoms with Gasteiger partial charge in [0.15, 0.2) is 5.78 Å². The molecular formula is C37H29ClN2O4S. The van der Waals surface area contributed by atoms with Crippen LogP contribution in [-0.4, -0.2) is 23.4 Å². The number of ketones is 1. The molecule has 0 spiro atoms. The molecule has 5 aromatic rings. The van der Waals surface area contributed by atoms with Gasteiger partial charge < -0.3 is 15.4 Å². The molecule has 0 radical (unpaired) electrons. The second kappa shape index (κ2) is 15.6. The van der Waals surface area contributed by atoms with Crippen molar-refractivity contribution in [3.05, 3.63) is 166 Å². The molecule has 0 aliphatic carbocycles. The topological polar surface area (TPSA) is 84.5 Å². The Bertz CT molecular complexity index is 1810. The second-order valence-electron chi connectivity index (χ2n) is 9.90. The van der Waals surface area contributed by atoms with Gasteiger partial charge in [-0.1, -0.05) is 90.5 Å². The van der Waals surface area contributed by atoms with Gasteiger partial charge >= 0.3 is 0 Å². The molecule has 0 aliphatic heterocycles. The molecule has 0 aromatic heterocycles. The van der Waals surface area contributed by atoms with Crippen LogP contribution in [0.3, 0.4) is 0 Å². The zero-order valence-corrected chi connectivity index (χ0v) is 25.7. The zero-order chi connectivity index (χ0) is 31.4. The molecule has 6 nitrogen and oxygen atoms in total. The first-order valence-corrected chi connectivity index (χ1v) is 15.5. The van der Waals surface area contributed by atoms with Gasteiger partial charge in [-0.3, -0.25) is 14.4 Å². The van der Waals surface area contributed by atoms with Crippen molar-refractivity contribution in [1.82, 2.24) is 5.32 Å². The smallest absolute Gasteiger partial charge is 0.272 e. The Kier molecular flexibility index (Phi) is 10.8. The SMILES string of the molecule is O=C(Nc1cccc(SCC(=O)c2ccccc2Cl)c1)/C(=C/c1ccc(OCc2ccccc2)cc1)NC(=O)c1ccccc1. The van der Waals surface area contributed by atoms with Crippen LogP contribution in [0.4, 0.5) is 5.69 Å². The number of nitrogens with one attached hydrogen (secondary N) is 2. The van der Waals surface area contributed by atoms with Crippen LogP contribution in [0.5, 0.6) is 5.75 Å². The summed E-state index contributed by atoms with van der Waals surface area (Å²) in [5.74, 6) is -0.145. The van der Waals surface area contributed by atoms with Gasteiger partial charge in [0.1, 0.15) is 18.1 Å². The van der Waals surface area contributed by atoms with Crippen LogP contribution in [0.1, 0.15) is 31.8 Å². The summed E-state index contributed by atoms with van der Waals surface area (Å²) in [6, 6.07) is 39.9. The number of anilines is 1. The van der Waals surface area contributed by atoms with Crippen LogP contribution in [0.15, 0.2) is 144 Å². The van der Waals surface area contributed by atoms with Crippen LogP contribution >= 0.6 is 23.4 Å². The molecule has 0 atom stereocenters. The summed E-state index contributed by atoms with van der Waals surface area (Å²) in [7, 11) is 0. The fraction of sp³-hybridized carbons (Fsp3) is 0.0541. The summed E-state index contributed by atoms with van der Waals surface area (Å²) >= 11 is 7.51. The van der Waals surface area contributed by atoms with Crippen molar-refractivity contribution in [2.75, 3.05) is 11.1 Å². The Hall–Kier alpha value is -5.11. The van der Waals surface area contributed by atoms with Gasteiger partial charge in [-0.2, -0.15) is 0 Å². The van der Waals surface area contributed by atoms with Crippen LogP contribution in [-0.2, 0) is 11.4 Å². The van der Waals surface area contributed by atoms with Gasteiger partial charge in [-0.25, -0.2) is 0 Å². The molecule has 8 heteroatoms. The third-order valence-electron chi connectivity index (χ3n) is 6.60. The lowest BCUT2D eigenvalue weighted by Crippen LogP contribution is -2.30. The minimum absolute atomic E-state index is 0.0637. The maximum absolute atomic E-state index is 13.5. The van der Waals surface area contributed by atoms with Crippen LogP contribution in [0.2, 0.25) is 5.02 Å². The minimum atomic E-state index is -0.502. The number of amides is 2.